The van der Waals surface area contributed by atoms with Crippen LogP contribution in [0, 0.1) is 13.8 Å². The highest BCUT2D eigenvalue weighted by molar-refractivity contribution is 5.31. The molecule has 1 aromatic carbocycles. The van der Waals surface area contributed by atoms with Crippen molar-refractivity contribution in [3.05, 3.63) is 52.6 Å². The lowest BCUT2D eigenvalue weighted by Crippen LogP contribution is -2.23. The Hall–Kier alpha value is -1.86. The van der Waals surface area contributed by atoms with Gasteiger partial charge in [-0.3, -0.25) is 0 Å². The number of aliphatic hydroxyl groups is 1. The normalized spacial score (nSPS) is 13.4. The van der Waals surface area contributed by atoms with Crippen LogP contribution in [0.5, 0.6) is 0 Å². The molecule has 0 saturated carbocycles. The number of aryl methyl sites for hydroxylation is 2. The van der Waals surface area contributed by atoms with Crippen molar-refractivity contribution in [1.82, 2.24) is 15.3 Å². The van der Waals surface area contributed by atoms with Crippen LogP contribution in [0.4, 0.5) is 13.2 Å². The van der Waals surface area contributed by atoms with Gasteiger partial charge in [-0.1, -0.05) is 18.2 Å². The molecule has 4 nitrogen and oxygen atoms in total. The third-order valence-corrected chi connectivity index (χ3v) is 3.43. The van der Waals surface area contributed by atoms with Gasteiger partial charge >= 0.3 is 6.18 Å². The van der Waals surface area contributed by atoms with E-state index in [2.05, 4.69) is 15.3 Å². The molecule has 3 N–H and O–H groups in total. The molecule has 120 valence electrons. The van der Waals surface area contributed by atoms with E-state index in [-0.39, 0.29) is 12.1 Å². The summed E-state index contributed by atoms with van der Waals surface area (Å²) in [6.45, 7) is 4.11. The number of hydrogen-bond acceptors (Lipinski definition) is 3. The molecule has 0 bridgehead atoms. The number of halogens is 3. The van der Waals surface area contributed by atoms with E-state index in [1.807, 2.05) is 13.8 Å². The molecule has 0 aliphatic rings. The van der Waals surface area contributed by atoms with E-state index in [0.717, 1.165) is 17.5 Å². The summed E-state index contributed by atoms with van der Waals surface area (Å²) in [5, 5.41) is 12.9. The minimum absolute atomic E-state index is 0.00584. The van der Waals surface area contributed by atoms with E-state index in [9.17, 15) is 18.3 Å². The molecule has 1 aromatic heterocycles. The minimum atomic E-state index is -4.48. The maximum Gasteiger partial charge on any atom is 0.416 e. The van der Waals surface area contributed by atoms with Crippen molar-refractivity contribution >= 4 is 0 Å². The lowest BCUT2D eigenvalue weighted by Gasteiger charge is -2.17. The third kappa shape index (κ3) is 3.86. The molecule has 0 aliphatic heterocycles. The van der Waals surface area contributed by atoms with Gasteiger partial charge in [0.15, 0.2) is 0 Å². The van der Waals surface area contributed by atoms with Crippen LogP contribution in [0.2, 0.25) is 0 Å². The number of imidazole rings is 1. The van der Waals surface area contributed by atoms with Crippen molar-refractivity contribution in [2.24, 2.45) is 0 Å². The van der Waals surface area contributed by atoms with Crippen molar-refractivity contribution in [2.45, 2.75) is 32.7 Å². The zero-order valence-electron chi connectivity index (χ0n) is 12.3. The Balaban J connectivity index is 1.99. The van der Waals surface area contributed by atoms with Gasteiger partial charge in [0.25, 0.3) is 0 Å². The van der Waals surface area contributed by atoms with E-state index in [0.29, 0.717) is 12.4 Å². The second kappa shape index (κ2) is 6.50. The van der Waals surface area contributed by atoms with Crippen LogP contribution < -0.4 is 5.32 Å². The predicted octanol–water partition coefficient (Wildman–Crippen LogP) is 2.87. The van der Waals surface area contributed by atoms with Crippen LogP contribution in [0.25, 0.3) is 0 Å². The molecular formula is C15H18F3N3O. The molecular weight excluding hydrogens is 295 g/mol. The van der Waals surface area contributed by atoms with Crippen molar-refractivity contribution in [3.8, 4) is 0 Å². The molecule has 2 rings (SSSR count). The van der Waals surface area contributed by atoms with Crippen LogP contribution in [0.1, 0.15) is 34.4 Å². The summed E-state index contributed by atoms with van der Waals surface area (Å²) in [5.41, 5.74) is 0.878. The van der Waals surface area contributed by atoms with Crippen LogP contribution in [-0.4, -0.2) is 21.6 Å². The Labute approximate surface area is 126 Å². The highest BCUT2D eigenvalue weighted by Gasteiger charge is 2.34. The zero-order valence-corrected chi connectivity index (χ0v) is 12.3. The first-order valence-electron chi connectivity index (χ1n) is 6.86. The molecule has 0 aliphatic carbocycles. The molecule has 0 spiro atoms. The maximum atomic E-state index is 12.9. The van der Waals surface area contributed by atoms with Crippen molar-refractivity contribution < 1.29 is 18.3 Å². The fourth-order valence-corrected chi connectivity index (χ4v) is 2.19. The lowest BCUT2D eigenvalue weighted by molar-refractivity contribution is -0.139. The fraction of sp³-hybridized carbons (Fsp3) is 0.400. The van der Waals surface area contributed by atoms with Gasteiger partial charge in [-0.15, -0.1) is 0 Å². The summed E-state index contributed by atoms with van der Waals surface area (Å²) in [4.78, 5) is 7.32. The topological polar surface area (TPSA) is 60.9 Å². The molecule has 2 aromatic rings. The van der Waals surface area contributed by atoms with Gasteiger partial charge in [-0.2, -0.15) is 13.2 Å². The lowest BCUT2D eigenvalue weighted by atomic mass is 10.0. The quantitative estimate of drug-likeness (QED) is 0.795. The zero-order chi connectivity index (χ0) is 16.3. The van der Waals surface area contributed by atoms with Crippen LogP contribution >= 0.6 is 0 Å². The summed E-state index contributed by atoms with van der Waals surface area (Å²) in [5.74, 6) is 0.686. The average Bonchev–Trinajstić information content (AvgIpc) is 2.76. The summed E-state index contributed by atoms with van der Waals surface area (Å²) in [6, 6.07) is 5.04. The number of nitrogens with zero attached hydrogens (tertiary/aromatic N) is 1. The number of aromatic nitrogens is 2. The summed E-state index contributed by atoms with van der Waals surface area (Å²) in [6.07, 6.45) is -5.72. The minimum Gasteiger partial charge on any atom is -0.387 e. The van der Waals surface area contributed by atoms with Gasteiger partial charge in [-0.05, 0) is 25.5 Å². The average molecular weight is 313 g/mol. The SMILES string of the molecule is Cc1nc(CNCC(O)c2ccccc2C(F)(F)F)[nH]c1C. The van der Waals surface area contributed by atoms with Crippen molar-refractivity contribution in [3.63, 3.8) is 0 Å². The first-order valence-corrected chi connectivity index (χ1v) is 6.86. The molecule has 0 radical (unpaired) electrons. The van der Waals surface area contributed by atoms with Gasteiger partial charge in [-0.25, -0.2) is 4.98 Å². The summed E-state index contributed by atoms with van der Waals surface area (Å²) in [7, 11) is 0. The molecule has 7 heteroatoms. The number of benzene rings is 1. The Morgan fingerprint density at radius 3 is 2.55 bits per heavy atom. The highest BCUT2D eigenvalue weighted by Crippen LogP contribution is 2.34. The molecule has 1 unspecified atom stereocenters. The van der Waals surface area contributed by atoms with E-state index in [1.165, 1.54) is 18.2 Å². The second-order valence-corrected chi connectivity index (χ2v) is 5.13. The molecule has 1 heterocycles. The van der Waals surface area contributed by atoms with Crippen LogP contribution in [0.15, 0.2) is 24.3 Å². The number of aromatic amines is 1. The first-order chi connectivity index (χ1) is 10.3. The van der Waals surface area contributed by atoms with E-state index in [1.54, 1.807) is 0 Å². The van der Waals surface area contributed by atoms with Crippen LogP contribution in [-0.2, 0) is 12.7 Å². The Morgan fingerprint density at radius 2 is 1.95 bits per heavy atom. The summed E-state index contributed by atoms with van der Waals surface area (Å²) >= 11 is 0. The van der Waals surface area contributed by atoms with Gasteiger partial charge in [0.05, 0.1) is 23.9 Å². The maximum absolute atomic E-state index is 12.9. The Bertz CT molecular complexity index is 618. The Kier molecular flexibility index (Phi) is 4.87. The molecule has 0 fully saturated rings. The van der Waals surface area contributed by atoms with Gasteiger partial charge in [0.2, 0.25) is 0 Å². The largest absolute Gasteiger partial charge is 0.416 e. The third-order valence-electron chi connectivity index (χ3n) is 3.43. The fourth-order valence-electron chi connectivity index (χ4n) is 2.19. The number of hydrogen-bond donors (Lipinski definition) is 3. The van der Waals surface area contributed by atoms with Crippen molar-refractivity contribution in [2.75, 3.05) is 6.54 Å². The van der Waals surface area contributed by atoms with Crippen molar-refractivity contribution in [1.29, 1.82) is 0 Å². The summed E-state index contributed by atoms with van der Waals surface area (Å²) < 4.78 is 38.7. The van der Waals surface area contributed by atoms with Crippen LogP contribution in [0.3, 0.4) is 0 Å². The molecule has 1 atom stereocenters. The predicted molar refractivity (Wildman–Crippen MR) is 76.2 cm³/mol. The number of alkyl halides is 3. The van der Waals surface area contributed by atoms with E-state index < -0.39 is 17.8 Å². The van der Waals surface area contributed by atoms with E-state index in [4.69, 9.17) is 0 Å². The molecule has 22 heavy (non-hydrogen) atoms. The number of nitrogens with one attached hydrogen (secondary N) is 2. The van der Waals surface area contributed by atoms with E-state index >= 15 is 0 Å². The first kappa shape index (κ1) is 16.5. The standard InChI is InChI=1S/C15H18F3N3O/c1-9-10(2)21-14(20-9)8-19-7-13(22)11-5-3-4-6-12(11)15(16,17)18/h3-6,13,19,22H,7-8H2,1-2H3,(H,20,21). The number of aliphatic hydroxyl groups excluding tert-OH is 1. The smallest absolute Gasteiger partial charge is 0.387 e. The van der Waals surface area contributed by atoms with Gasteiger partial charge < -0.3 is 15.4 Å². The molecule has 0 amide bonds. The Morgan fingerprint density at radius 1 is 1.27 bits per heavy atom. The number of rotatable bonds is 5. The van der Waals surface area contributed by atoms with Gasteiger partial charge in [0, 0.05) is 12.2 Å². The molecule has 0 saturated heterocycles. The second-order valence-electron chi connectivity index (χ2n) is 5.13. The monoisotopic (exact) mass is 313 g/mol. The number of H-pyrrole nitrogens is 1. The highest BCUT2D eigenvalue weighted by atomic mass is 19.4. The van der Waals surface area contributed by atoms with Gasteiger partial charge in [0.1, 0.15) is 5.82 Å².